The zero-order chi connectivity index (χ0) is 17.5. The van der Waals surface area contributed by atoms with Crippen molar-refractivity contribution in [2.45, 2.75) is 26.5 Å². The first kappa shape index (κ1) is 16.7. The van der Waals surface area contributed by atoms with Crippen LogP contribution in [-0.2, 0) is 6.54 Å². The van der Waals surface area contributed by atoms with Crippen LogP contribution in [0.3, 0.4) is 0 Å². The zero-order valence-electron chi connectivity index (χ0n) is 14.3. The van der Waals surface area contributed by atoms with E-state index in [9.17, 15) is 0 Å². The van der Waals surface area contributed by atoms with Gasteiger partial charge >= 0.3 is 0 Å². The molecule has 0 radical (unpaired) electrons. The maximum atomic E-state index is 5.64. The molecule has 0 atom stereocenters. The molecule has 1 aromatic carbocycles. The van der Waals surface area contributed by atoms with Crippen molar-refractivity contribution in [3.05, 3.63) is 66.6 Å². The molecule has 6 nitrogen and oxygen atoms in total. The predicted molar refractivity (Wildman–Crippen MR) is 99.1 cm³/mol. The van der Waals surface area contributed by atoms with Gasteiger partial charge in [0.05, 0.1) is 6.10 Å². The Labute approximate surface area is 147 Å². The summed E-state index contributed by atoms with van der Waals surface area (Å²) in [5, 5.41) is 6.46. The van der Waals surface area contributed by atoms with Crippen molar-refractivity contribution in [2.75, 3.05) is 10.6 Å². The first-order valence-electron chi connectivity index (χ1n) is 8.18. The van der Waals surface area contributed by atoms with Gasteiger partial charge < -0.3 is 15.4 Å². The first-order valence-corrected chi connectivity index (χ1v) is 8.18. The number of pyridine rings is 1. The highest BCUT2D eigenvalue weighted by Crippen LogP contribution is 2.20. The Morgan fingerprint density at radius 2 is 1.88 bits per heavy atom. The van der Waals surface area contributed by atoms with Crippen LogP contribution in [0.2, 0.25) is 0 Å². The van der Waals surface area contributed by atoms with Gasteiger partial charge in [0.25, 0.3) is 0 Å². The molecule has 2 heterocycles. The summed E-state index contributed by atoms with van der Waals surface area (Å²) in [6.45, 7) is 4.64. The normalized spacial score (nSPS) is 10.5. The lowest BCUT2D eigenvalue weighted by molar-refractivity contribution is 0.242. The average molecular weight is 335 g/mol. The number of nitrogens with one attached hydrogen (secondary N) is 2. The van der Waals surface area contributed by atoms with Crippen LogP contribution >= 0.6 is 0 Å². The van der Waals surface area contributed by atoms with Gasteiger partial charge in [-0.05, 0) is 55.8 Å². The van der Waals surface area contributed by atoms with E-state index >= 15 is 0 Å². The number of nitrogens with zero attached hydrogens (tertiary/aromatic N) is 3. The lowest BCUT2D eigenvalue weighted by Gasteiger charge is -2.11. The Morgan fingerprint density at radius 1 is 1.04 bits per heavy atom. The third kappa shape index (κ3) is 5.17. The fourth-order valence-electron chi connectivity index (χ4n) is 2.23. The topological polar surface area (TPSA) is 72.0 Å². The highest BCUT2D eigenvalue weighted by Gasteiger charge is 2.02. The molecule has 25 heavy (non-hydrogen) atoms. The second-order valence-electron chi connectivity index (χ2n) is 5.80. The smallest absolute Gasteiger partial charge is 0.224 e. The van der Waals surface area contributed by atoms with E-state index in [-0.39, 0.29) is 6.10 Å². The van der Waals surface area contributed by atoms with Gasteiger partial charge in [0.2, 0.25) is 5.95 Å². The number of anilines is 3. The molecule has 0 amide bonds. The molecule has 3 rings (SSSR count). The zero-order valence-corrected chi connectivity index (χ0v) is 14.3. The minimum absolute atomic E-state index is 0.161. The molecule has 0 bridgehead atoms. The summed E-state index contributed by atoms with van der Waals surface area (Å²) in [5.41, 5.74) is 2.01. The minimum atomic E-state index is 0.161. The van der Waals surface area contributed by atoms with E-state index in [1.54, 1.807) is 12.4 Å². The summed E-state index contributed by atoms with van der Waals surface area (Å²) < 4.78 is 5.64. The van der Waals surface area contributed by atoms with Gasteiger partial charge in [-0.25, -0.2) is 4.98 Å². The number of aromatic nitrogens is 3. The van der Waals surface area contributed by atoms with Crippen LogP contribution in [0.25, 0.3) is 0 Å². The molecule has 0 spiro atoms. The molecular formula is C19H21N5O. The fraction of sp³-hybridized carbons (Fsp3) is 0.211. The van der Waals surface area contributed by atoms with Gasteiger partial charge in [-0.1, -0.05) is 6.07 Å². The Morgan fingerprint density at radius 3 is 2.60 bits per heavy atom. The molecule has 0 fully saturated rings. The average Bonchev–Trinajstić information content (AvgIpc) is 2.62. The third-order valence-electron chi connectivity index (χ3n) is 3.33. The van der Waals surface area contributed by atoms with E-state index in [0.29, 0.717) is 12.5 Å². The summed E-state index contributed by atoms with van der Waals surface area (Å²) in [4.78, 5) is 12.8. The number of hydrogen-bond acceptors (Lipinski definition) is 6. The number of rotatable bonds is 7. The van der Waals surface area contributed by atoms with Crippen molar-refractivity contribution in [1.82, 2.24) is 15.0 Å². The maximum absolute atomic E-state index is 5.64. The van der Waals surface area contributed by atoms with Crippen LogP contribution < -0.4 is 15.4 Å². The largest absolute Gasteiger partial charge is 0.491 e. The molecule has 0 saturated carbocycles. The lowest BCUT2D eigenvalue weighted by Crippen LogP contribution is -2.06. The molecule has 0 aliphatic carbocycles. The molecule has 2 aromatic heterocycles. The minimum Gasteiger partial charge on any atom is -0.491 e. The number of benzene rings is 1. The molecule has 0 aliphatic heterocycles. The first-order chi connectivity index (χ1) is 12.2. The van der Waals surface area contributed by atoms with E-state index in [4.69, 9.17) is 4.74 Å². The molecule has 2 N–H and O–H groups in total. The monoisotopic (exact) mass is 335 g/mol. The van der Waals surface area contributed by atoms with Crippen molar-refractivity contribution in [2.24, 2.45) is 0 Å². The van der Waals surface area contributed by atoms with E-state index < -0.39 is 0 Å². The van der Waals surface area contributed by atoms with Gasteiger partial charge in [-0.2, -0.15) is 4.98 Å². The van der Waals surface area contributed by atoms with Crippen molar-refractivity contribution < 1.29 is 4.74 Å². The van der Waals surface area contributed by atoms with E-state index in [1.165, 1.54) is 0 Å². The third-order valence-corrected chi connectivity index (χ3v) is 3.33. The molecule has 0 aliphatic rings. The van der Waals surface area contributed by atoms with Gasteiger partial charge in [-0.15, -0.1) is 0 Å². The van der Waals surface area contributed by atoms with Gasteiger partial charge in [-0.3, -0.25) is 4.98 Å². The Kier molecular flexibility index (Phi) is 5.41. The van der Waals surface area contributed by atoms with Crippen molar-refractivity contribution in [3.63, 3.8) is 0 Å². The molecule has 128 valence electrons. The van der Waals surface area contributed by atoms with Crippen molar-refractivity contribution in [1.29, 1.82) is 0 Å². The van der Waals surface area contributed by atoms with Crippen LogP contribution in [0.4, 0.5) is 17.5 Å². The Hall–Kier alpha value is -3.15. The number of ether oxygens (including phenoxy) is 1. The second-order valence-corrected chi connectivity index (χ2v) is 5.80. The summed E-state index contributed by atoms with van der Waals surface area (Å²) in [6.07, 6.45) is 5.45. The van der Waals surface area contributed by atoms with E-state index in [2.05, 4.69) is 25.6 Å². The molecule has 3 aromatic rings. The lowest BCUT2D eigenvalue weighted by atomic mass is 10.3. The second kappa shape index (κ2) is 8.10. The molecule has 6 heteroatoms. The molecule has 0 unspecified atom stereocenters. The van der Waals surface area contributed by atoms with Crippen LogP contribution in [0.5, 0.6) is 5.75 Å². The highest BCUT2D eigenvalue weighted by atomic mass is 16.5. The van der Waals surface area contributed by atoms with Crippen molar-refractivity contribution >= 4 is 17.5 Å². The Bertz CT molecular complexity index is 790. The standard InChI is InChI=1S/C19H21N5O/c1-14(2)25-17-7-5-16(6-8-17)23-18-9-11-21-19(24-18)22-13-15-4-3-10-20-12-15/h3-12,14H,13H2,1-2H3,(H2,21,22,23,24). The van der Waals surface area contributed by atoms with E-state index in [0.717, 1.165) is 22.8 Å². The molecular weight excluding hydrogens is 314 g/mol. The van der Waals surface area contributed by atoms with Crippen molar-refractivity contribution in [3.8, 4) is 5.75 Å². The highest BCUT2D eigenvalue weighted by molar-refractivity contribution is 5.57. The van der Waals surface area contributed by atoms with Crippen LogP contribution in [0, 0.1) is 0 Å². The maximum Gasteiger partial charge on any atom is 0.224 e. The molecule has 0 saturated heterocycles. The van der Waals surface area contributed by atoms with Gasteiger partial charge in [0.15, 0.2) is 0 Å². The van der Waals surface area contributed by atoms with Crippen LogP contribution in [0.1, 0.15) is 19.4 Å². The van der Waals surface area contributed by atoms with Gasteiger partial charge in [0.1, 0.15) is 11.6 Å². The summed E-state index contributed by atoms with van der Waals surface area (Å²) >= 11 is 0. The summed E-state index contributed by atoms with van der Waals surface area (Å²) in [6, 6.07) is 13.5. The SMILES string of the molecule is CC(C)Oc1ccc(Nc2ccnc(NCc3cccnc3)n2)cc1. The summed E-state index contributed by atoms with van der Waals surface area (Å²) in [5.74, 6) is 2.14. The summed E-state index contributed by atoms with van der Waals surface area (Å²) in [7, 11) is 0. The fourth-order valence-corrected chi connectivity index (χ4v) is 2.23. The number of hydrogen-bond donors (Lipinski definition) is 2. The van der Waals surface area contributed by atoms with Crippen LogP contribution in [0.15, 0.2) is 61.1 Å². The van der Waals surface area contributed by atoms with Gasteiger partial charge in [0, 0.05) is 30.8 Å². The predicted octanol–water partition coefficient (Wildman–Crippen LogP) is 4.01. The quantitative estimate of drug-likeness (QED) is 0.679. The Balaban J connectivity index is 1.61. The van der Waals surface area contributed by atoms with E-state index in [1.807, 2.05) is 62.5 Å². The van der Waals surface area contributed by atoms with Crippen LogP contribution in [-0.4, -0.2) is 21.1 Å².